The number of aromatic nitrogens is 2. The molecule has 0 unspecified atom stereocenters. The number of alkyl halides is 3. The lowest BCUT2D eigenvalue weighted by Gasteiger charge is -2.12. The Kier molecular flexibility index (Phi) is 6.37. The Morgan fingerprint density at radius 1 is 1.00 bits per heavy atom. The highest BCUT2D eigenvalue weighted by atomic mass is 35.5. The van der Waals surface area contributed by atoms with E-state index in [0.717, 1.165) is 16.8 Å². The highest BCUT2D eigenvalue weighted by Gasteiger charge is 2.30. The number of ether oxygens (including phenoxy) is 1. The number of carbonyl (C=O) groups excluding carboxylic acids is 1. The predicted octanol–water partition coefficient (Wildman–Crippen LogP) is 6.02. The highest BCUT2D eigenvalue weighted by molar-refractivity contribution is 6.30. The Morgan fingerprint density at radius 2 is 1.70 bits per heavy atom. The third kappa shape index (κ3) is 5.72. The van der Waals surface area contributed by atoms with Crippen LogP contribution in [0.4, 0.5) is 13.2 Å². The summed E-state index contributed by atoms with van der Waals surface area (Å²) >= 11 is 6.10. The van der Waals surface area contributed by atoms with E-state index in [2.05, 4.69) is 15.0 Å². The lowest BCUT2D eigenvalue weighted by atomic mass is 10.1. The first-order valence-electron chi connectivity index (χ1n) is 9.80. The third-order valence-corrected chi connectivity index (χ3v) is 5.00. The zero-order chi connectivity index (χ0) is 23.4. The van der Waals surface area contributed by atoms with E-state index in [1.807, 2.05) is 42.5 Å². The van der Waals surface area contributed by atoms with E-state index in [0.29, 0.717) is 16.3 Å². The molecule has 1 heterocycles. The minimum Gasteiger partial charge on any atom is -0.406 e. The normalized spacial score (nSPS) is 11.3. The van der Waals surface area contributed by atoms with Crippen LogP contribution in [0.25, 0.3) is 16.8 Å². The molecule has 168 valence electrons. The van der Waals surface area contributed by atoms with Gasteiger partial charge >= 0.3 is 6.36 Å². The maximum atomic E-state index is 12.8. The Bertz CT molecular complexity index is 1270. The fraction of sp³-hybridized carbons (Fsp3) is 0.0833. The maximum Gasteiger partial charge on any atom is 0.573 e. The van der Waals surface area contributed by atoms with Crippen molar-refractivity contribution in [3.63, 3.8) is 0 Å². The summed E-state index contributed by atoms with van der Waals surface area (Å²) in [4.78, 5) is 16.9. The fourth-order valence-corrected chi connectivity index (χ4v) is 3.44. The Balaban J connectivity index is 1.47. The fourth-order valence-electron chi connectivity index (χ4n) is 3.25. The van der Waals surface area contributed by atoms with Gasteiger partial charge in [0.15, 0.2) is 0 Å². The highest BCUT2D eigenvalue weighted by Crippen LogP contribution is 2.25. The summed E-state index contributed by atoms with van der Waals surface area (Å²) in [5, 5.41) is 3.38. The van der Waals surface area contributed by atoms with Crippen molar-refractivity contribution in [2.24, 2.45) is 0 Å². The second kappa shape index (κ2) is 9.38. The molecule has 0 spiro atoms. The standard InChI is InChI=1S/C24H17ClF3N3O2/c25-19-5-1-3-17(11-19)18-4-2-6-20(12-18)31-15-29-14-22(31)23(32)30-13-16-7-9-21(10-8-16)33-24(26,27)28/h1-12,14-15H,13H2,(H,30,32). The Hall–Kier alpha value is -3.78. The van der Waals surface area contributed by atoms with Crippen molar-refractivity contribution < 1.29 is 22.7 Å². The number of amides is 1. The predicted molar refractivity (Wildman–Crippen MR) is 118 cm³/mol. The zero-order valence-corrected chi connectivity index (χ0v) is 17.8. The van der Waals surface area contributed by atoms with E-state index in [4.69, 9.17) is 11.6 Å². The Labute approximate surface area is 192 Å². The minimum absolute atomic E-state index is 0.124. The van der Waals surface area contributed by atoms with Gasteiger partial charge in [0.25, 0.3) is 5.91 Å². The van der Waals surface area contributed by atoms with Gasteiger partial charge in [-0.05, 0) is 53.1 Å². The average molecular weight is 472 g/mol. The second-order valence-corrected chi connectivity index (χ2v) is 7.52. The van der Waals surface area contributed by atoms with Crippen LogP contribution in [0.5, 0.6) is 5.75 Å². The zero-order valence-electron chi connectivity index (χ0n) is 17.0. The molecule has 1 aromatic heterocycles. The molecule has 9 heteroatoms. The van der Waals surface area contributed by atoms with Crippen molar-refractivity contribution >= 4 is 17.5 Å². The Morgan fingerprint density at radius 3 is 2.39 bits per heavy atom. The number of halogens is 4. The second-order valence-electron chi connectivity index (χ2n) is 7.08. The van der Waals surface area contributed by atoms with Crippen LogP contribution in [-0.4, -0.2) is 21.8 Å². The van der Waals surface area contributed by atoms with Gasteiger partial charge < -0.3 is 10.1 Å². The van der Waals surface area contributed by atoms with E-state index >= 15 is 0 Å². The molecule has 0 saturated carbocycles. The number of hydrogen-bond donors (Lipinski definition) is 1. The van der Waals surface area contributed by atoms with Crippen LogP contribution in [0.2, 0.25) is 5.02 Å². The molecule has 5 nitrogen and oxygen atoms in total. The van der Waals surface area contributed by atoms with E-state index in [9.17, 15) is 18.0 Å². The summed E-state index contributed by atoms with van der Waals surface area (Å²) in [6.45, 7) is 0.124. The van der Waals surface area contributed by atoms with Gasteiger partial charge in [-0.15, -0.1) is 13.2 Å². The van der Waals surface area contributed by atoms with Crippen LogP contribution in [0.1, 0.15) is 16.1 Å². The number of rotatable bonds is 6. The van der Waals surface area contributed by atoms with Gasteiger partial charge in [-0.2, -0.15) is 0 Å². The van der Waals surface area contributed by atoms with Crippen molar-refractivity contribution in [1.29, 1.82) is 0 Å². The van der Waals surface area contributed by atoms with Gasteiger partial charge in [-0.1, -0.05) is 48.0 Å². The summed E-state index contributed by atoms with van der Waals surface area (Å²) in [6.07, 6.45) is -1.77. The van der Waals surface area contributed by atoms with E-state index in [1.165, 1.54) is 36.8 Å². The molecule has 0 bridgehead atoms. The first-order chi connectivity index (χ1) is 15.8. The molecule has 0 atom stereocenters. The van der Waals surface area contributed by atoms with E-state index in [1.54, 1.807) is 10.6 Å². The van der Waals surface area contributed by atoms with Gasteiger partial charge in [0.05, 0.1) is 12.5 Å². The maximum absolute atomic E-state index is 12.8. The first kappa shape index (κ1) is 22.4. The van der Waals surface area contributed by atoms with Crippen molar-refractivity contribution in [2.45, 2.75) is 12.9 Å². The minimum atomic E-state index is -4.75. The molecule has 1 amide bonds. The smallest absolute Gasteiger partial charge is 0.406 e. The number of nitrogens with zero attached hydrogens (tertiary/aromatic N) is 2. The molecule has 0 fully saturated rings. The van der Waals surface area contributed by atoms with Crippen LogP contribution in [0, 0.1) is 0 Å². The number of imidazole rings is 1. The van der Waals surface area contributed by atoms with Crippen LogP contribution in [-0.2, 0) is 6.54 Å². The first-order valence-corrected chi connectivity index (χ1v) is 10.2. The molecule has 0 aliphatic rings. The number of benzene rings is 3. The van der Waals surface area contributed by atoms with Crippen molar-refractivity contribution in [3.8, 4) is 22.6 Å². The van der Waals surface area contributed by atoms with E-state index in [-0.39, 0.29) is 18.2 Å². The van der Waals surface area contributed by atoms with Crippen LogP contribution >= 0.6 is 11.6 Å². The molecule has 0 aliphatic carbocycles. The molecule has 0 aliphatic heterocycles. The van der Waals surface area contributed by atoms with Gasteiger partial charge in [-0.3, -0.25) is 9.36 Å². The average Bonchev–Trinajstić information content (AvgIpc) is 3.28. The van der Waals surface area contributed by atoms with E-state index < -0.39 is 6.36 Å². The number of hydrogen-bond acceptors (Lipinski definition) is 3. The summed E-state index contributed by atoms with van der Waals surface area (Å²) in [7, 11) is 0. The van der Waals surface area contributed by atoms with Gasteiger partial charge in [0.1, 0.15) is 11.4 Å². The van der Waals surface area contributed by atoms with Crippen LogP contribution in [0.3, 0.4) is 0 Å². The van der Waals surface area contributed by atoms with Crippen LogP contribution < -0.4 is 10.1 Å². The van der Waals surface area contributed by atoms with Crippen LogP contribution in [0.15, 0.2) is 85.3 Å². The molecule has 33 heavy (non-hydrogen) atoms. The summed E-state index contributed by atoms with van der Waals surface area (Å²) in [5.41, 5.74) is 3.54. The molecule has 3 aromatic carbocycles. The monoisotopic (exact) mass is 471 g/mol. The molecule has 0 saturated heterocycles. The SMILES string of the molecule is O=C(NCc1ccc(OC(F)(F)F)cc1)c1cncn1-c1cccc(-c2cccc(Cl)c2)c1. The number of nitrogens with one attached hydrogen (secondary N) is 1. The van der Waals surface area contributed by atoms with Gasteiger partial charge in [0, 0.05) is 17.3 Å². The van der Waals surface area contributed by atoms with Crippen molar-refractivity contribution in [3.05, 3.63) is 102 Å². The molecular weight excluding hydrogens is 455 g/mol. The lowest BCUT2D eigenvalue weighted by molar-refractivity contribution is -0.274. The van der Waals surface area contributed by atoms with Gasteiger partial charge in [-0.25, -0.2) is 4.98 Å². The lowest BCUT2D eigenvalue weighted by Crippen LogP contribution is -2.25. The molecule has 4 aromatic rings. The summed E-state index contributed by atoms with van der Waals surface area (Å²) < 4.78 is 42.3. The molecule has 0 radical (unpaired) electrons. The molecule has 1 N–H and O–H groups in total. The summed E-state index contributed by atoms with van der Waals surface area (Å²) in [6, 6.07) is 20.3. The largest absolute Gasteiger partial charge is 0.573 e. The molecule has 4 rings (SSSR count). The quantitative estimate of drug-likeness (QED) is 0.374. The van der Waals surface area contributed by atoms with Crippen molar-refractivity contribution in [2.75, 3.05) is 0 Å². The topological polar surface area (TPSA) is 56.1 Å². The summed E-state index contributed by atoms with van der Waals surface area (Å²) in [5.74, 6) is -0.702. The van der Waals surface area contributed by atoms with Gasteiger partial charge in [0.2, 0.25) is 0 Å². The van der Waals surface area contributed by atoms with Crippen molar-refractivity contribution in [1.82, 2.24) is 14.9 Å². The molecular formula is C24H17ClF3N3O2. The third-order valence-electron chi connectivity index (χ3n) is 4.76. The number of carbonyl (C=O) groups is 1.